The monoisotopic (exact) mass is 382 g/mol. The van der Waals surface area contributed by atoms with Gasteiger partial charge in [0.1, 0.15) is 29.6 Å². The smallest absolute Gasteiger partial charge is 0.259 e. The first-order chi connectivity index (χ1) is 13.5. The summed E-state index contributed by atoms with van der Waals surface area (Å²) in [6.07, 6.45) is 0. The molecule has 0 atom stereocenters. The van der Waals surface area contributed by atoms with Crippen molar-refractivity contribution in [3.63, 3.8) is 0 Å². The Morgan fingerprint density at radius 1 is 1.07 bits per heavy atom. The first-order valence-electron chi connectivity index (χ1n) is 8.69. The van der Waals surface area contributed by atoms with Gasteiger partial charge in [-0.2, -0.15) is 0 Å². The lowest BCUT2D eigenvalue weighted by atomic mass is 10.1. The Kier molecular flexibility index (Phi) is 5.84. The fourth-order valence-corrected chi connectivity index (χ4v) is 2.72. The Balaban J connectivity index is 1.79. The molecule has 0 fully saturated rings. The summed E-state index contributed by atoms with van der Waals surface area (Å²) >= 11 is 0. The number of ether oxygens (including phenoxy) is 3. The number of nitrogens with zero attached hydrogens (tertiary/aromatic N) is 1. The largest absolute Gasteiger partial charge is 0.497 e. The quantitative estimate of drug-likeness (QED) is 0.661. The van der Waals surface area contributed by atoms with Crippen LogP contribution in [0.15, 0.2) is 47.0 Å². The molecule has 1 aromatic heterocycles. The number of nitrogens with one attached hydrogen (secondary N) is 1. The van der Waals surface area contributed by atoms with E-state index in [2.05, 4.69) is 10.5 Å². The van der Waals surface area contributed by atoms with Crippen LogP contribution in [-0.2, 0) is 6.61 Å². The zero-order chi connectivity index (χ0) is 20.1. The number of amides is 1. The van der Waals surface area contributed by atoms with Crippen LogP contribution in [0.1, 0.15) is 27.4 Å². The van der Waals surface area contributed by atoms with E-state index in [1.807, 2.05) is 19.9 Å². The number of benzene rings is 2. The highest BCUT2D eigenvalue weighted by molar-refractivity contribution is 6.06. The summed E-state index contributed by atoms with van der Waals surface area (Å²) in [5, 5.41) is 6.77. The molecule has 0 saturated heterocycles. The molecule has 3 rings (SSSR count). The van der Waals surface area contributed by atoms with E-state index >= 15 is 0 Å². The molecule has 0 spiro atoms. The van der Waals surface area contributed by atoms with E-state index in [-0.39, 0.29) is 12.5 Å². The average molecular weight is 382 g/mol. The Hall–Kier alpha value is -3.48. The van der Waals surface area contributed by atoms with Gasteiger partial charge in [-0.05, 0) is 26.0 Å². The van der Waals surface area contributed by atoms with E-state index in [9.17, 15) is 4.79 Å². The van der Waals surface area contributed by atoms with Gasteiger partial charge in [0.05, 0.1) is 31.0 Å². The molecule has 146 valence electrons. The predicted octanol–water partition coefficient (Wildman–Crippen LogP) is 4.14. The lowest BCUT2D eigenvalue weighted by Gasteiger charge is -2.13. The summed E-state index contributed by atoms with van der Waals surface area (Å²) < 4.78 is 21.5. The summed E-state index contributed by atoms with van der Waals surface area (Å²) in [7, 11) is 3.11. The Morgan fingerprint density at radius 2 is 1.75 bits per heavy atom. The van der Waals surface area contributed by atoms with Gasteiger partial charge in [0.15, 0.2) is 0 Å². The lowest BCUT2D eigenvalue weighted by molar-refractivity contribution is 0.102. The van der Waals surface area contributed by atoms with Gasteiger partial charge in [0.2, 0.25) is 0 Å². The van der Waals surface area contributed by atoms with Gasteiger partial charge in [0, 0.05) is 23.9 Å². The van der Waals surface area contributed by atoms with Crippen molar-refractivity contribution in [2.24, 2.45) is 0 Å². The number of methoxy groups -OCH3 is 2. The van der Waals surface area contributed by atoms with Gasteiger partial charge in [-0.1, -0.05) is 17.3 Å². The third kappa shape index (κ3) is 4.25. The normalized spacial score (nSPS) is 10.4. The van der Waals surface area contributed by atoms with Crippen LogP contribution in [0.2, 0.25) is 0 Å². The SMILES string of the molecule is COc1cc(NC(=O)c2ccccc2OCc2c(C)noc2C)cc(OC)c1. The van der Waals surface area contributed by atoms with Crippen molar-refractivity contribution in [3.05, 3.63) is 65.0 Å². The molecule has 0 radical (unpaired) electrons. The van der Waals surface area contributed by atoms with Gasteiger partial charge in [-0.25, -0.2) is 0 Å². The van der Waals surface area contributed by atoms with Gasteiger partial charge in [0.25, 0.3) is 5.91 Å². The summed E-state index contributed by atoms with van der Waals surface area (Å²) in [5.41, 5.74) is 2.61. The first kappa shape index (κ1) is 19.3. The summed E-state index contributed by atoms with van der Waals surface area (Å²) in [6, 6.07) is 12.2. The topological polar surface area (TPSA) is 82.8 Å². The fraction of sp³-hybridized carbons (Fsp3) is 0.238. The number of aromatic nitrogens is 1. The molecule has 0 aliphatic rings. The molecule has 28 heavy (non-hydrogen) atoms. The summed E-state index contributed by atoms with van der Waals surface area (Å²) in [5.74, 6) is 2.03. The second-order valence-electron chi connectivity index (χ2n) is 6.14. The highest BCUT2D eigenvalue weighted by Gasteiger charge is 2.15. The minimum absolute atomic E-state index is 0.262. The highest BCUT2D eigenvalue weighted by atomic mass is 16.5. The van der Waals surface area contributed by atoms with Crippen molar-refractivity contribution >= 4 is 11.6 Å². The van der Waals surface area contributed by atoms with E-state index in [4.69, 9.17) is 18.7 Å². The molecule has 3 aromatic rings. The Morgan fingerprint density at radius 3 is 2.36 bits per heavy atom. The van der Waals surface area contributed by atoms with E-state index in [0.717, 1.165) is 11.3 Å². The van der Waals surface area contributed by atoms with E-state index < -0.39 is 0 Å². The average Bonchev–Trinajstić information content (AvgIpc) is 3.03. The minimum Gasteiger partial charge on any atom is -0.497 e. The maximum Gasteiger partial charge on any atom is 0.259 e. The van der Waals surface area contributed by atoms with E-state index in [1.165, 1.54) is 0 Å². The van der Waals surface area contributed by atoms with Crippen molar-refractivity contribution in [2.45, 2.75) is 20.5 Å². The molecule has 0 aliphatic carbocycles. The van der Waals surface area contributed by atoms with Crippen molar-refractivity contribution in [1.29, 1.82) is 0 Å². The summed E-state index contributed by atoms with van der Waals surface area (Å²) in [4.78, 5) is 12.8. The molecule has 1 amide bonds. The molecule has 0 unspecified atom stereocenters. The van der Waals surface area contributed by atoms with E-state index in [0.29, 0.717) is 34.3 Å². The molecule has 7 heteroatoms. The molecule has 7 nitrogen and oxygen atoms in total. The maximum atomic E-state index is 12.8. The van der Waals surface area contributed by atoms with Crippen molar-refractivity contribution in [1.82, 2.24) is 5.16 Å². The second-order valence-corrected chi connectivity index (χ2v) is 6.14. The molecule has 1 N–H and O–H groups in total. The van der Waals surface area contributed by atoms with Crippen LogP contribution in [-0.4, -0.2) is 25.3 Å². The molecule has 0 bridgehead atoms. The van der Waals surface area contributed by atoms with Crippen molar-refractivity contribution < 1.29 is 23.5 Å². The zero-order valence-electron chi connectivity index (χ0n) is 16.2. The first-order valence-corrected chi connectivity index (χ1v) is 8.69. The molecule has 0 aliphatic heterocycles. The zero-order valence-corrected chi connectivity index (χ0v) is 16.2. The molecular formula is C21H22N2O5. The standard InChI is InChI=1S/C21H22N2O5/c1-13-19(14(2)28-23-13)12-27-20-8-6-5-7-18(20)21(24)22-15-9-16(25-3)11-17(10-15)26-4/h5-11H,12H2,1-4H3,(H,22,24). The second kappa shape index (κ2) is 8.47. The number of carbonyl (C=O) groups excluding carboxylic acids is 1. The van der Waals surface area contributed by atoms with Crippen molar-refractivity contribution in [2.75, 3.05) is 19.5 Å². The number of hydrogen-bond donors (Lipinski definition) is 1. The Labute approximate surface area is 163 Å². The van der Waals surface area contributed by atoms with Crippen LogP contribution in [0.25, 0.3) is 0 Å². The molecular weight excluding hydrogens is 360 g/mol. The number of aryl methyl sites for hydroxylation is 2. The molecule has 0 saturated carbocycles. The van der Waals surface area contributed by atoms with Crippen LogP contribution in [0.4, 0.5) is 5.69 Å². The van der Waals surface area contributed by atoms with Crippen LogP contribution in [0.3, 0.4) is 0 Å². The number of anilines is 1. The predicted molar refractivity (Wildman–Crippen MR) is 104 cm³/mol. The van der Waals surface area contributed by atoms with Gasteiger partial charge < -0.3 is 24.1 Å². The van der Waals surface area contributed by atoms with Crippen LogP contribution in [0, 0.1) is 13.8 Å². The van der Waals surface area contributed by atoms with Crippen molar-refractivity contribution in [3.8, 4) is 17.2 Å². The number of hydrogen-bond acceptors (Lipinski definition) is 6. The van der Waals surface area contributed by atoms with Crippen LogP contribution in [0.5, 0.6) is 17.2 Å². The maximum absolute atomic E-state index is 12.8. The lowest BCUT2D eigenvalue weighted by Crippen LogP contribution is -2.14. The third-order valence-electron chi connectivity index (χ3n) is 4.29. The number of carbonyl (C=O) groups is 1. The molecule has 1 heterocycles. The fourth-order valence-electron chi connectivity index (χ4n) is 2.72. The number of rotatable bonds is 7. The Bertz CT molecular complexity index is 939. The molecule has 2 aromatic carbocycles. The number of para-hydroxylation sites is 1. The third-order valence-corrected chi connectivity index (χ3v) is 4.29. The van der Waals surface area contributed by atoms with Gasteiger partial charge in [-0.15, -0.1) is 0 Å². The highest BCUT2D eigenvalue weighted by Crippen LogP contribution is 2.27. The van der Waals surface area contributed by atoms with Crippen LogP contribution >= 0.6 is 0 Å². The van der Waals surface area contributed by atoms with Gasteiger partial charge in [-0.3, -0.25) is 4.79 Å². The summed E-state index contributed by atoms with van der Waals surface area (Å²) in [6.45, 7) is 3.94. The van der Waals surface area contributed by atoms with Crippen LogP contribution < -0.4 is 19.5 Å². The van der Waals surface area contributed by atoms with Gasteiger partial charge >= 0.3 is 0 Å². The minimum atomic E-state index is -0.301. The van der Waals surface area contributed by atoms with E-state index in [1.54, 1.807) is 50.6 Å².